The molecule has 132 valence electrons. The van der Waals surface area contributed by atoms with E-state index in [0.29, 0.717) is 12.3 Å². The van der Waals surface area contributed by atoms with E-state index in [0.717, 1.165) is 18.4 Å². The van der Waals surface area contributed by atoms with Crippen molar-refractivity contribution in [1.82, 2.24) is 4.31 Å². The summed E-state index contributed by atoms with van der Waals surface area (Å²) in [5, 5.41) is 0. The average molecular weight is 360 g/mol. The Hall–Kier alpha value is -2.38. The van der Waals surface area contributed by atoms with Gasteiger partial charge in [-0.25, -0.2) is 8.42 Å². The van der Waals surface area contributed by atoms with Crippen LogP contribution in [0, 0.1) is 0 Å². The Morgan fingerprint density at radius 2 is 1.92 bits per heavy atom. The molecule has 2 aromatic carbocycles. The van der Waals surface area contributed by atoms with Crippen LogP contribution in [0.2, 0.25) is 0 Å². The lowest BCUT2D eigenvalue weighted by molar-refractivity contribution is 0.1000. The molecule has 1 heterocycles. The Morgan fingerprint density at radius 1 is 1.20 bits per heavy atom. The smallest absolute Gasteiger partial charge is 0.248 e. The zero-order valence-electron chi connectivity index (χ0n) is 13.9. The Kier molecular flexibility index (Phi) is 4.78. The van der Waals surface area contributed by atoms with E-state index in [4.69, 9.17) is 10.5 Å². The van der Waals surface area contributed by atoms with Gasteiger partial charge >= 0.3 is 0 Å². The summed E-state index contributed by atoms with van der Waals surface area (Å²) in [5.74, 6) is 0.118. The van der Waals surface area contributed by atoms with Crippen molar-refractivity contribution in [2.75, 3.05) is 13.7 Å². The first-order valence-corrected chi connectivity index (χ1v) is 9.43. The van der Waals surface area contributed by atoms with Crippen LogP contribution in [0.25, 0.3) is 0 Å². The van der Waals surface area contributed by atoms with Crippen molar-refractivity contribution in [3.05, 3.63) is 59.7 Å². The summed E-state index contributed by atoms with van der Waals surface area (Å²) in [4.78, 5) is 11.3. The number of rotatable bonds is 5. The number of sulfonamides is 1. The van der Waals surface area contributed by atoms with E-state index in [1.165, 1.54) is 28.6 Å². The molecule has 0 spiro atoms. The largest absolute Gasteiger partial charge is 0.497 e. The molecule has 0 aromatic heterocycles. The fraction of sp³-hybridized carbons (Fsp3) is 0.278. The van der Waals surface area contributed by atoms with Gasteiger partial charge in [-0.15, -0.1) is 0 Å². The van der Waals surface area contributed by atoms with Crippen LogP contribution in [0.15, 0.2) is 53.4 Å². The summed E-state index contributed by atoms with van der Waals surface area (Å²) < 4.78 is 32.8. The van der Waals surface area contributed by atoms with Crippen LogP contribution >= 0.6 is 0 Å². The predicted octanol–water partition coefficient (Wildman–Crippen LogP) is 2.32. The third kappa shape index (κ3) is 3.38. The van der Waals surface area contributed by atoms with Crippen molar-refractivity contribution in [2.24, 2.45) is 5.73 Å². The topological polar surface area (TPSA) is 89.7 Å². The quantitative estimate of drug-likeness (QED) is 0.886. The summed E-state index contributed by atoms with van der Waals surface area (Å²) in [5.41, 5.74) is 6.40. The summed E-state index contributed by atoms with van der Waals surface area (Å²) in [6, 6.07) is 13.0. The van der Waals surface area contributed by atoms with Crippen molar-refractivity contribution in [3.63, 3.8) is 0 Å². The van der Waals surface area contributed by atoms with Crippen LogP contribution < -0.4 is 10.5 Å². The van der Waals surface area contributed by atoms with Gasteiger partial charge in [0, 0.05) is 12.1 Å². The highest BCUT2D eigenvalue weighted by molar-refractivity contribution is 7.89. The number of hydrogen-bond acceptors (Lipinski definition) is 4. The average Bonchev–Trinajstić information content (AvgIpc) is 3.12. The molecular formula is C18H20N2O4S. The molecule has 2 N–H and O–H groups in total. The van der Waals surface area contributed by atoms with Crippen molar-refractivity contribution in [2.45, 2.75) is 23.8 Å². The van der Waals surface area contributed by atoms with E-state index in [-0.39, 0.29) is 16.5 Å². The highest BCUT2D eigenvalue weighted by Gasteiger charge is 2.36. The summed E-state index contributed by atoms with van der Waals surface area (Å²) in [6.07, 6.45) is 1.55. The molecule has 1 aliphatic heterocycles. The summed E-state index contributed by atoms with van der Waals surface area (Å²) >= 11 is 0. The number of nitrogens with zero attached hydrogens (tertiary/aromatic N) is 1. The standard InChI is InChI=1S/C18H20N2O4S/c1-24-15-5-2-4-14(12-15)17-6-3-11-20(17)25(22,23)16-9-7-13(8-10-16)18(19)21/h2,4-5,7-10,12,17H,3,6,11H2,1H3,(H2,19,21). The minimum Gasteiger partial charge on any atom is -0.497 e. The van der Waals surface area contributed by atoms with Gasteiger partial charge in [0.25, 0.3) is 0 Å². The molecule has 0 aliphatic carbocycles. The molecule has 1 unspecified atom stereocenters. The number of nitrogens with two attached hydrogens (primary N) is 1. The monoisotopic (exact) mass is 360 g/mol. The minimum absolute atomic E-state index is 0.160. The maximum absolute atomic E-state index is 13.0. The highest BCUT2D eigenvalue weighted by atomic mass is 32.2. The number of primary amides is 1. The predicted molar refractivity (Wildman–Crippen MR) is 93.8 cm³/mol. The Morgan fingerprint density at radius 3 is 2.56 bits per heavy atom. The molecule has 1 aliphatic rings. The Balaban J connectivity index is 1.93. The molecule has 1 fully saturated rings. The van der Waals surface area contributed by atoms with E-state index < -0.39 is 15.9 Å². The van der Waals surface area contributed by atoms with Crippen LogP contribution in [-0.4, -0.2) is 32.3 Å². The normalized spacial score (nSPS) is 18.2. The number of ether oxygens (including phenoxy) is 1. The molecule has 0 saturated carbocycles. The maximum Gasteiger partial charge on any atom is 0.248 e. The second-order valence-electron chi connectivity index (χ2n) is 5.94. The minimum atomic E-state index is -3.66. The van der Waals surface area contributed by atoms with Crippen LogP contribution in [0.5, 0.6) is 5.75 Å². The third-order valence-corrected chi connectivity index (χ3v) is 6.35. The van der Waals surface area contributed by atoms with Gasteiger partial charge in [0.05, 0.1) is 18.0 Å². The Labute approximate surface area is 147 Å². The Bertz CT molecular complexity index is 878. The third-order valence-electron chi connectivity index (χ3n) is 4.43. The van der Waals surface area contributed by atoms with Crippen LogP contribution in [0.4, 0.5) is 0 Å². The lowest BCUT2D eigenvalue weighted by atomic mass is 10.1. The molecule has 6 nitrogen and oxygen atoms in total. The van der Waals surface area contributed by atoms with Gasteiger partial charge in [-0.3, -0.25) is 4.79 Å². The van der Waals surface area contributed by atoms with Gasteiger partial charge in [-0.2, -0.15) is 4.31 Å². The number of methoxy groups -OCH3 is 1. The molecule has 3 rings (SSSR count). The van der Waals surface area contributed by atoms with Gasteiger partial charge in [0.2, 0.25) is 15.9 Å². The van der Waals surface area contributed by atoms with Crippen LogP contribution in [-0.2, 0) is 10.0 Å². The van der Waals surface area contributed by atoms with Crippen molar-refractivity contribution in [1.29, 1.82) is 0 Å². The molecule has 0 bridgehead atoms. The molecule has 0 radical (unpaired) electrons. The zero-order chi connectivity index (χ0) is 18.0. The van der Waals surface area contributed by atoms with Gasteiger partial charge in [0.1, 0.15) is 5.75 Å². The number of amides is 1. The second kappa shape index (κ2) is 6.85. The van der Waals surface area contributed by atoms with Crippen molar-refractivity contribution in [3.8, 4) is 5.75 Å². The molecule has 1 saturated heterocycles. The first-order valence-electron chi connectivity index (χ1n) is 7.99. The van der Waals surface area contributed by atoms with E-state index >= 15 is 0 Å². The van der Waals surface area contributed by atoms with Gasteiger partial charge < -0.3 is 10.5 Å². The number of carbonyl (C=O) groups excluding carboxylic acids is 1. The zero-order valence-corrected chi connectivity index (χ0v) is 14.7. The highest BCUT2D eigenvalue weighted by Crippen LogP contribution is 2.37. The van der Waals surface area contributed by atoms with E-state index in [1.54, 1.807) is 7.11 Å². The van der Waals surface area contributed by atoms with Gasteiger partial charge in [-0.05, 0) is 54.8 Å². The van der Waals surface area contributed by atoms with E-state index in [9.17, 15) is 13.2 Å². The van der Waals surface area contributed by atoms with Crippen LogP contribution in [0.1, 0.15) is 34.8 Å². The molecule has 7 heteroatoms. The number of hydrogen-bond donors (Lipinski definition) is 1. The van der Waals surface area contributed by atoms with Gasteiger partial charge in [-0.1, -0.05) is 12.1 Å². The van der Waals surface area contributed by atoms with E-state index in [2.05, 4.69) is 0 Å². The number of benzene rings is 2. The summed E-state index contributed by atoms with van der Waals surface area (Å²) in [7, 11) is -2.07. The SMILES string of the molecule is COc1cccc(C2CCCN2S(=O)(=O)c2ccc(C(N)=O)cc2)c1. The molecule has 25 heavy (non-hydrogen) atoms. The fourth-order valence-corrected chi connectivity index (χ4v) is 4.82. The first-order chi connectivity index (χ1) is 11.9. The summed E-state index contributed by atoms with van der Waals surface area (Å²) in [6.45, 7) is 0.460. The fourth-order valence-electron chi connectivity index (χ4n) is 3.14. The maximum atomic E-state index is 13.0. The number of carbonyl (C=O) groups is 1. The van der Waals surface area contributed by atoms with E-state index in [1.807, 2.05) is 24.3 Å². The van der Waals surface area contributed by atoms with Crippen LogP contribution in [0.3, 0.4) is 0 Å². The van der Waals surface area contributed by atoms with Crippen molar-refractivity contribution >= 4 is 15.9 Å². The first kappa shape index (κ1) is 17.4. The molecule has 1 amide bonds. The molecular weight excluding hydrogens is 340 g/mol. The molecule has 1 atom stereocenters. The lowest BCUT2D eigenvalue weighted by Gasteiger charge is -2.24. The van der Waals surface area contributed by atoms with Gasteiger partial charge in [0.15, 0.2) is 0 Å². The van der Waals surface area contributed by atoms with Crippen molar-refractivity contribution < 1.29 is 17.9 Å². The lowest BCUT2D eigenvalue weighted by Crippen LogP contribution is -2.30. The second-order valence-corrected chi connectivity index (χ2v) is 7.83. The molecule has 2 aromatic rings.